The molecule has 7 heteroatoms. The lowest BCUT2D eigenvalue weighted by atomic mass is 10.0. The van der Waals surface area contributed by atoms with E-state index in [0.29, 0.717) is 4.60 Å². The Morgan fingerprint density at radius 3 is 2.82 bits per heavy atom. The Labute approximate surface area is 107 Å². The molecule has 6 nitrogen and oxygen atoms in total. The lowest BCUT2D eigenvalue weighted by Gasteiger charge is -2.18. The van der Waals surface area contributed by atoms with Crippen molar-refractivity contribution in [2.45, 2.75) is 13.0 Å². The normalized spacial score (nSPS) is 12.7. The summed E-state index contributed by atoms with van der Waals surface area (Å²) in [5.41, 5.74) is 5.77. The van der Waals surface area contributed by atoms with E-state index in [2.05, 4.69) is 36.7 Å². The van der Waals surface area contributed by atoms with Crippen LogP contribution in [0.3, 0.4) is 0 Å². The van der Waals surface area contributed by atoms with Crippen molar-refractivity contribution in [3.63, 3.8) is 0 Å². The van der Waals surface area contributed by atoms with E-state index in [0.717, 1.165) is 16.8 Å². The quantitative estimate of drug-likeness (QED) is 0.648. The Morgan fingerprint density at radius 1 is 1.53 bits per heavy atom. The summed E-state index contributed by atoms with van der Waals surface area (Å²) in [7, 11) is 1.83. The highest BCUT2D eigenvalue weighted by atomic mass is 79.9. The highest BCUT2D eigenvalue weighted by Gasteiger charge is 2.22. The zero-order valence-electron chi connectivity index (χ0n) is 9.55. The first kappa shape index (κ1) is 12.2. The molecule has 2 heterocycles. The van der Waals surface area contributed by atoms with Gasteiger partial charge >= 0.3 is 0 Å². The molecule has 0 saturated carbocycles. The van der Waals surface area contributed by atoms with E-state index in [4.69, 9.17) is 5.84 Å². The molecular formula is C10H13BrN6. The number of hydrazine groups is 1. The van der Waals surface area contributed by atoms with Crippen molar-refractivity contribution in [1.29, 1.82) is 0 Å². The van der Waals surface area contributed by atoms with E-state index >= 15 is 0 Å². The van der Waals surface area contributed by atoms with Gasteiger partial charge in [0.1, 0.15) is 0 Å². The summed E-state index contributed by atoms with van der Waals surface area (Å²) in [6.45, 7) is 1.99. The number of aryl methyl sites for hydroxylation is 2. The Morgan fingerprint density at radius 2 is 2.29 bits per heavy atom. The van der Waals surface area contributed by atoms with E-state index < -0.39 is 0 Å². The van der Waals surface area contributed by atoms with Gasteiger partial charge in [-0.25, -0.2) is 10.1 Å². The highest BCUT2D eigenvalue weighted by molar-refractivity contribution is 9.10. The predicted molar refractivity (Wildman–Crippen MR) is 66.8 cm³/mol. The molecule has 2 aromatic heterocycles. The number of nitrogens with two attached hydrogens (primary N) is 1. The van der Waals surface area contributed by atoms with E-state index in [9.17, 15) is 0 Å². The molecule has 2 rings (SSSR count). The van der Waals surface area contributed by atoms with Crippen LogP contribution in [0.1, 0.15) is 22.9 Å². The van der Waals surface area contributed by atoms with Gasteiger partial charge in [-0.05, 0) is 40.0 Å². The van der Waals surface area contributed by atoms with Crippen molar-refractivity contribution in [2.24, 2.45) is 12.9 Å². The molecule has 17 heavy (non-hydrogen) atoms. The molecule has 1 atom stereocenters. The average molecular weight is 297 g/mol. The van der Waals surface area contributed by atoms with Crippen LogP contribution in [0.2, 0.25) is 0 Å². The van der Waals surface area contributed by atoms with Crippen LogP contribution in [0.4, 0.5) is 0 Å². The molecule has 0 saturated heterocycles. The molecule has 90 valence electrons. The van der Waals surface area contributed by atoms with Crippen molar-refractivity contribution in [3.05, 3.63) is 39.9 Å². The number of hydrogen-bond acceptors (Lipinski definition) is 5. The molecule has 0 radical (unpaired) electrons. The Balaban J connectivity index is 2.52. The summed E-state index contributed by atoms with van der Waals surface area (Å²) >= 11 is 3.37. The van der Waals surface area contributed by atoms with Crippen molar-refractivity contribution >= 4 is 15.9 Å². The zero-order valence-corrected chi connectivity index (χ0v) is 11.1. The molecule has 0 spiro atoms. The molecule has 0 aliphatic heterocycles. The number of aromatic nitrogens is 4. The van der Waals surface area contributed by atoms with Gasteiger partial charge in [-0.1, -0.05) is 5.21 Å². The van der Waals surface area contributed by atoms with E-state index in [1.165, 1.54) is 0 Å². The number of rotatable bonds is 3. The van der Waals surface area contributed by atoms with Crippen LogP contribution in [0.5, 0.6) is 0 Å². The topological polar surface area (TPSA) is 81.7 Å². The number of hydrogen-bond donors (Lipinski definition) is 2. The van der Waals surface area contributed by atoms with Gasteiger partial charge in [0.05, 0.1) is 11.7 Å². The van der Waals surface area contributed by atoms with Gasteiger partial charge in [0.2, 0.25) is 0 Å². The minimum atomic E-state index is -0.174. The van der Waals surface area contributed by atoms with E-state index in [1.807, 2.05) is 20.0 Å². The lowest BCUT2D eigenvalue weighted by Crippen LogP contribution is -2.31. The van der Waals surface area contributed by atoms with Crippen molar-refractivity contribution in [3.8, 4) is 0 Å². The van der Waals surface area contributed by atoms with Gasteiger partial charge in [-0.15, -0.1) is 5.10 Å². The summed E-state index contributed by atoms with van der Waals surface area (Å²) in [5.74, 6) is 5.64. The van der Waals surface area contributed by atoms with Crippen molar-refractivity contribution in [2.75, 3.05) is 0 Å². The monoisotopic (exact) mass is 296 g/mol. The van der Waals surface area contributed by atoms with Gasteiger partial charge < -0.3 is 0 Å². The second kappa shape index (κ2) is 4.91. The Kier molecular flexibility index (Phi) is 3.51. The van der Waals surface area contributed by atoms with Crippen LogP contribution in [0.25, 0.3) is 0 Å². The standard InChI is InChI=1S/C10H13BrN6/c1-6-5-13-4-3-7(6)8(14-12)9-10(11)15-16-17(9)2/h3-5,8,14H,12H2,1-2H3. The largest absolute Gasteiger partial charge is 0.271 e. The third-order valence-electron chi connectivity index (χ3n) is 2.64. The Hall–Kier alpha value is -1.31. The second-order valence-corrected chi connectivity index (χ2v) is 4.47. The van der Waals surface area contributed by atoms with Crippen molar-refractivity contribution < 1.29 is 0 Å². The molecule has 0 fully saturated rings. The first-order chi connectivity index (χ1) is 8.15. The summed E-state index contributed by atoms with van der Waals surface area (Å²) in [5, 5.41) is 7.91. The molecule has 0 aliphatic rings. The number of halogens is 1. The third-order valence-corrected chi connectivity index (χ3v) is 3.21. The summed E-state index contributed by atoms with van der Waals surface area (Å²) in [6, 6.07) is 1.76. The molecule has 3 N–H and O–H groups in total. The van der Waals surface area contributed by atoms with Crippen LogP contribution in [0, 0.1) is 6.92 Å². The summed E-state index contributed by atoms with van der Waals surface area (Å²) in [6.07, 6.45) is 3.54. The van der Waals surface area contributed by atoms with Crippen LogP contribution in [-0.2, 0) is 7.05 Å². The molecule has 0 aromatic carbocycles. The van der Waals surface area contributed by atoms with Crippen LogP contribution < -0.4 is 11.3 Å². The fourth-order valence-corrected chi connectivity index (χ4v) is 2.33. The summed E-state index contributed by atoms with van der Waals surface area (Å²) < 4.78 is 2.37. The Bertz CT molecular complexity index is 504. The molecule has 0 amide bonds. The van der Waals surface area contributed by atoms with Crippen LogP contribution in [-0.4, -0.2) is 20.0 Å². The fraction of sp³-hybridized carbons (Fsp3) is 0.300. The second-order valence-electron chi connectivity index (χ2n) is 3.72. The number of pyridine rings is 1. The molecule has 0 bridgehead atoms. The van der Waals surface area contributed by atoms with Gasteiger partial charge in [-0.3, -0.25) is 10.8 Å². The number of nitrogens with one attached hydrogen (secondary N) is 1. The van der Waals surface area contributed by atoms with Crippen molar-refractivity contribution in [1.82, 2.24) is 25.4 Å². The van der Waals surface area contributed by atoms with Gasteiger partial charge in [0.15, 0.2) is 4.60 Å². The van der Waals surface area contributed by atoms with Gasteiger partial charge in [-0.2, -0.15) is 0 Å². The molecule has 0 aliphatic carbocycles. The third kappa shape index (κ3) is 2.21. The first-order valence-corrected chi connectivity index (χ1v) is 5.86. The maximum Gasteiger partial charge on any atom is 0.153 e. The molecular weight excluding hydrogens is 284 g/mol. The average Bonchev–Trinajstić information content (AvgIpc) is 2.64. The maximum atomic E-state index is 5.64. The highest BCUT2D eigenvalue weighted by Crippen LogP contribution is 2.27. The smallest absolute Gasteiger partial charge is 0.153 e. The predicted octanol–water partition coefficient (Wildman–Crippen LogP) is 0.834. The first-order valence-electron chi connectivity index (χ1n) is 5.07. The molecule has 1 unspecified atom stereocenters. The van der Waals surface area contributed by atoms with Crippen LogP contribution >= 0.6 is 15.9 Å². The zero-order chi connectivity index (χ0) is 12.4. The van der Waals surface area contributed by atoms with E-state index in [1.54, 1.807) is 17.1 Å². The van der Waals surface area contributed by atoms with E-state index in [-0.39, 0.29) is 6.04 Å². The van der Waals surface area contributed by atoms with Crippen LogP contribution in [0.15, 0.2) is 23.1 Å². The lowest BCUT2D eigenvalue weighted by molar-refractivity contribution is 0.566. The van der Waals surface area contributed by atoms with Gasteiger partial charge in [0.25, 0.3) is 0 Å². The minimum absolute atomic E-state index is 0.174. The minimum Gasteiger partial charge on any atom is -0.271 e. The SMILES string of the molecule is Cc1cnccc1C(NN)c1c(Br)nnn1C. The summed E-state index contributed by atoms with van der Waals surface area (Å²) in [4.78, 5) is 4.07. The fourth-order valence-electron chi connectivity index (χ4n) is 1.77. The van der Waals surface area contributed by atoms with Gasteiger partial charge in [0, 0.05) is 19.4 Å². The number of nitrogens with zero attached hydrogens (tertiary/aromatic N) is 4. The molecule has 2 aromatic rings. The maximum absolute atomic E-state index is 5.64.